The van der Waals surface area contributed by atoms with Gasteiger partial charge in [0.2, 0.25) is 0 Å². The van der Waals surface area contributed by atoms with Crippen molar-refractivity contribution in [2.75, 3.05) is 5.32 Å². The monoisotopic (exact) mass is 393 g/mol. The van der Waals surface area contributed by atoms with Gasteiger partial charge in [-0.05, 0) is 35.9 Å². The molecule has 7 heteroatoms. The van der Waals surface area contributed by atoms with Crippen LogP contribution in [0.4, 0.5) is 23.2 Å². The standard InChI is InChI=1S/C20H12ClF4NO/c21-16-10-9-12(11-17(16)22)13-5-2-4-8-18(13)26-19(27)14-6-1-3-7-15(14)20(23,24)25/h1-11H,(H,26,27). The number of hydrogen-bond acceptors (Lipinski definition) is 1. The van der Waals surface area contributed by atoms with Crippen molar-refractivity contribution in [2.24, 2.45) is 0 Å². The molecule has 138 valence electrons. The fourth-order valence-corrected chi connectivity index (χ4v) is 2.74. The van der Waals surface area contributed by atoms with Gasteiger partial charge in [0.15, 0.2) is 0 Å². The lowest BCUT2D eigenvalue weighted by molar-refractivity contribution is -0.137. The zero-order chi connectivity index (χ0) is 19.6. The lowest BCUT2D eigenvalue weighted by atomic mass is 10.0. The third kappa shape index (κ3) is 4.11. The number of benzene rings is 3. The fraction of sp³-hybridized carbons (Fsp3) is 0.0500. The first-order chi connectivity index (χ1) is 12.8. The highest BCUT2D eigenvalue weighted by Gasteiger charge is 2.34. The van der Waals surface area contributed by atoms with Crippen LogP contribution >= 0.6 is 11.6 Å². The Morgan fingerprint density at radius 1 is 0.926 bits per heavy atom. The Kier molecular flexibility index (Phi) is 5.19. The molecule has 0 radical (unpaired) electrons. The minimum absolute atomic E-state index is 0.0561. The molecule has 0 aliphatic rings. The highest BCUT2D eigenvalue weighted by Crippen LogP contribution is 2.34. The van der Waals surface area contributed by atoms with Crippen LogP contribution in [-0.4, -0.2) is 5.91 Å². The van der Waals surface area contributed by atoms with Gasteiger partial charge in [-0.3, -0.25) is 4.79 Å². The van der Waals surface area contributed by atoms with Gasteiger partial charge in [-0.2, -0.15) is 13.2 Å². The number of para-hydroxylation sites is 1. The average molecular weight is 394 g/mol. The second-order valence-corrected chi connectivity index (χ2v) is 6.08. The fourth-order valence-electron chi connectivity index (χ4n) is 2.63. The Morgan fingerprint density at radius 3 is 2.30 bits per heavy atom. The quantitative estimate of drug-likeness (QED) is 0.511. The van der Waals surface area contributed by atoms with Crippen LogP contribution in [0, 0.1) is 5.82 Å². The molecule has 1 amide bonds. The number of anilines is 1. The van der Waals surface area contributed by atoms with Gasteiger partial charge in [0.05, 0.1) is 16.1 Å². The van der Waals surface area contributed by atoms with Crippen molar-refractivity contribution in [3.63, 3.8) is 0 Å². The molecule has 2 nitrogen and oxygen atoms in total. The van der Waals surface area contributed by atoms with Crippen molar-refractivity contribution in [1.29, 1.82) is 0 Å². The van der Waals surface area contributed by atoms with Crippen LogP contribution in [0.25, 0.3) is 11.1 Å². The van der Waals surface area contributed by atoms with Gasteiger partial charge in [-0.15, -0.1) is 0 Å². The Labute approximate surface area is 157 Å². The topological polar surface area (TPSA) is 29.1 Å². The Balaban J connectivity index is 1.98. The highest BCUT2D eigenvalue weighted by atomic mass is 35.5. The summed E-state index contributed by atoms with van der Waals surface area (Å²) in [4.78, 5) is 12.5. The van der Waals surface area contributed by atoms with Gasteiger partial charge in [-0.1, -0.05) is 48.0 Å². The molecule has 0 aromatic heterocycles. The predicted octanol–water partition coefficient (Wildman–Crippen LogP) is 6.42. The molecule has 1 N–H and O–H groups in total. The zero-order valence-corrected chi connectivity index (χ0v) is 14.4. The van der Waals surface area contributed by atoms with Crippen molar-refractivity contribution in [2.45, 2.75) is 6.18 Å². The summed E-state index contributed by atoms with van der Waals surface area (Å²) in [6.07, 6.45) is -4.66. The first-order valence-corrected chi connectivity index (χ1v) is 8.17. The Hall–Kier alpha value is -2.86. The van der Waals surface area contributed by atoms with Crippen LogP contribution < -0.4 is 5.32 Å². The van der Waals surface area contributed by atoms with Crippen molar-refractivity contribution < 1.29 is 22.4 Å². The van der Waals surface area contributed by atoms with Gasteiger partial charge in [-0.25, -0.2) is 4.39 Å². The molecule has 0 aliphatic carbocycles. The zero-order valence-electron chi connectivity index (χ0n) is 13.6. The Bertz CT molecular complexity index is 1000. The molecule has 3 aromatic carbocycles. The van der Waals surface area contributed by atoms with Gasteiger partial charge in [0.1, 0.15) is 5.82 Å². The van der Waals surface area contributed by atoms with Crippen LogP contribution in [0.2, 0.25) is 5.02 Å². The number of halogens is 5. The summed E-state index contributed by atoms with van der Waals surface area (Å²) in [6.45, 7) is 0. The molecule has 0 spiro atoms. The second-order valence-electron chi connectivity index (χ2n) is 5.67. The van der Waals surface area contributed by atoms with Gasteiger partial charge >= 0.3 is 6.18 Å². The number of hydrogen-bond donors (Lipinski definition) is 1. The number of rotatable bonds is 3. The minimum Gasteiger partial charge on any atom is -0.321 e. The molecule has 3 aromatic rings. The molecule has 0 fully saturated rings. The molecule has 0 saturated heterocycles. The number of alkyl halides is 3. The number of carbonyl (C=O) groups is 1. The molecule has 3 rings (SSSR count). The largest absolute Gasteiger partial charge is 0.417 e. The van der Waals surface area contributed by atoms with E-state index in [2.05, 4.69) is 5.32 Å². The van der Waals surface area contributed by atoms with Crippen molar-refractivity contribution >= 4 is 23.2 Å². The van der Waals surface area contributed by atoms with E-state index in [9.17, 15) is 22.4 Å². The predicted molar refractivity (Wildman–Crippen MR) is 96.2 cm³/mol. The third-order valence-corrected chi connectivity index (χ3v) is 4.19. The SMILES string of the molecule is O=C(Nc1ccccc1-c1ccc(Cl)c(F)c1)c1ccccc1C(F)(F)F. The maximum atomic E-state index is 13.8. The number of carbonyl (C=O) groups excluding carboxylic acids is 1. The molecule has 27 heavy (non-hydrogen) atoms. The lowest BCUT2D eigenvalue weighted by Crippen LogP contribution is -2.19. The van der Waals surface area contributed by atoms with E-state index in [1.54, 1.807) is 24.3 Å². The van der Waals surface area contributed by atoms with Crippen LogP contribution in [-0.2, 0) is 6.18 Å². The van der Waals surface area contributed by atoms with E-state index < -0.39 is 29.0 Å². The van der Waals surface area contributed by atoms with E-state index in [-0.39, 0.29) is 10.7 Å². The maximum Gasteiger partial charge on any atom is 0.417 e. The molecule has 0 unspecified atom stereocenters. The minimum atomic E-state index is -4.66. The Morgan fingerprint density at radius 2 is 1.59 bits per heavy atom. The molecule has 0 atom stereocenters. The molecule has 0 saturated carbocycles. The van der Waals surface area contributed by atoms with E-state index in [0.29, 0.717) is 11.1 Å². The summed E-state index contributed by atoms with van der Waals surface area (Å²) < 4.78 is 53.2. The van der Waals surface area contributed by atoms with Gasteiger partial charge in [0, 0.05) is 11.3 Å². The maximum absolute atomic E-state index is 13.8. The molecule has 0 aliphatic heterocycles. The highest BCUT2D eigenvalue weighted by molar-refractivity contribution is 6.30. The van der Waals surface area contributed by atoms with Crippen LogP contribution in [0.1, 0.15) is 15.9 Å². The van der Waals surface area contributed by atoms with Gasteiger partial charge in [0.25, 0.3) is 5.91 Å². The first kappa shape index (κ1) is 18.9. The smallest absolute Gasteiger partial charge is 0.321 e. The van der Waals surface area contributed by atoms with Crippen LogP contribution in [0.3, 0.4) is 0 Å². The summed E-state index contributed by atoms with van der Waals surface area (Å²) in [7, 11) is 0. The van der Waals surface area contributed by atoms with Gasteiger partial charge < -0.3 is 5.32 Å². The van der Waals surface area contributed by atoms with Crippen molar-refractivity contribution in [3.8, 4) is 11.1 Å². The van der Waals surface area contributed by atoms with E-state index in [1.807, 2.05) is 0 Å². The van der Waals surface area contributed by atoms with Crippen LogP contribution in [0.15, 0.2) is 66.7 Å². The summed E-state index contributed by atoms with van der Waals surface area (Å²) in [6, 6.07) is 15.0. The lowest BCUT2D eigenvalue weighted by Gasteiger charge is -2.15. The molecule has 0 bridgehead atoms. The number of amides is 1. The summed E-state index contributed by atoms with van der Waals surface area (Å²) >= 11 is 5.68. The summed E-state index contributed by atoms with van der Waals surface area (Å²) in [5.74, 6) is -1.55. The van der Waals surface area contributed by atoms with E-state index >= 15 is 0 Å². The van der Waals surface area contributed by atoms with E-state index in [0.717, 1.165) is 12.1 Å². The van der Waals surface area contributed by atoms with Crippen molar-refractivity contribution in [3.05, 3.63) is 88.7 Å². The van der Waals surface area contributed by atoms with Crippen LogP contribution in [0.5, 0.6) is 0 Å². The normalized spacial score (nSPS) is 11.3. The molecular weight excluding hydrogens is 382 g/mol. The second kappa shape index (κ2) is 7.40. The average Bonchev–Trinajstić information content (AvgIpc) is 2.64. The van der Waals surface area contributed by atoms with Crippen molar-refractivity contribution in [1.82, 2.24) is 0 Å². The molecule has 0 heterocycles. The summed E-state index contributed by atoms with van der Waals surface area (Å²) in [5.41, 5.74) is -0.399. The third-order valence-electron chi connectivity index (χ3n) is 3.88. The summed E-state index contributed by atoms with van der Waals surface area (Å²) in [5, 5.41) is 2.42. The van der Waals surface area contributed by atoms with E-state index in [1.165, 1.54) is 30.3 Å². The number of nitrogens with one attached hydrogen (secondary N) is 1. The van der Waals surface area contributed by atoms with E-state index in [4.69, 9.17) is 11.6 Å². The first-order valence-electron chi connectivity index (χ1n) is 7.79. The molecular formula is C20H12ClF4NO.